The maximum Gasteiger partial charge on any atom is 0.145 e. The minimum Gasteiger partial charge on any atom is -0.492 e. The molecule has 20 heavy (non-hydrogen) atoms. The summed E-state index contributed by atoms with van der Waals surface area (Å²) in [7, 11) is 3.99. The molecule has 2 N–H and O–H groups in total. The lowest BCUT2D eigenvalue weighted by Gasteiger charge is -2.14. The van der Waals surface area contributed by atoms with Gasteiger partial charge in [0.25, 0.3) is 0 Å². The van der Waals surface area contributed by atoms with Crippen molar-refractivity contribution in [1.29, 1.82) is 0 Å². The predicted octanol–water partition coefficient (Wildman–Crippen LogP) is 3.53. The largest absolute Gasteiger partial charge is 0.492 e. The molecule has 0 unspecified atom stereocenters. The molecule has 0 spiro atoms. The fraction of sp³-hybridized carbons (Fsp3) is 0.250. The summed E-state index contributed by atoms with van der Waals surface area (Å²) in [6, 6.07) is 13.3. The second kappa shape index (κ2) is 6.19. The average molecular weight is 272 g/mol. The minimum atomic E-state index is 0.573. The Morgan fingerprint density at radius 3 is 2.50 bits per heavy atom. The van der Waals surface area contributed by atoms with Gasteiger partial charge in [0.2, 0.25) is 0 Å². The molecule has 0 amide bonds. The molecule has 0 saturated carbocycles. The summed E-state index contributed by atoms with van der Waals surface area (Å²) < 4.78 is 11.3. The van der Waals surface area contributed by atoms with Gasteiger partial charge in [-0.15, -0.1) is 0 Å². The zero-order chi connectivity index (χ0) is 14.5. The topological polar surface area (TPSA) is 47.7 Å². The van der Waals surface area contributed by atoms with Gasteiger partial charge < -0.3 is 20.1 Å². The van der Waals surface area contributed by atoms with Gasteiger partial charge in [-0.05, 0) is 31.2 Å². The van der Waals surface area contributed by atoms with E-state index in [-0.39, 0.29) is 0 Å². The predicted molar refractivity (Wildman–Crippen MR) is 82.9 cm³/mol. The molecule has 0 aliphatic heterocycles. The number of nitrogens with two attached hydrogens (primary N) is 1. The molecule has 106 valence electrons. The smallest absolute Gasteiger partial charge is 0.145 e. The van der Waals surface area contributed by atoms with Crippen molar-refractivity contribution in [2.75, 3.05) is 31.3 Å². The fourth-order valence-electron chi connectivity index (χ4n) is 1.82. The lowest BCUT2D eigenvalue weighted by Crippen LogP contribution is -2.08. The molecule has 0 radical (unpaired) electrons. The summed E-state index contributed by atoms with van der Waals surface area (Å²) in [6.07, 6.45) is 0. The third-order valence-corrected chi connectivity index (χ3v) is 2.85. The Labute approximate surface area is 119 Å². The van der Waals surface area contributed by atoms with E-state index in [2.05, 4.69) is 0 Å². The van der Waals surface area contributed by atoms with Crippen LogP contribution in [0.1, 0.15) is 6.92 Å². The van der Waals surface area contributed by atoms with Gasteiger partial charge >= 0.3 is 0 Å². The fourth-order valence-corrected chi connectivity index (χ4v) is 1.82. The molecule has 2 aromatic carbocycles. The molecule has 0 aliphatic rings. The van der Waals surface area contributed by atoms with Gasteiger partial charge in [-0.1, -0.05) is 6.07 Å². The van der Waals surface area contributed by atoms with E-state index in [0.717, 1.165) is 11.4 Å². The highest BCUT2D eigenvalue weighted by molar-refractivity contribution is 5.57. The highest BCUT2D eigenvalue weighted by Crippen LogP contribution is 2.31. The molecule has 4 heteroatoms. The van der Waals surface area contributed by atoms with Crippen LogP contribution in [0.3, 0.4) is 0 Å². The van der Waals surface area contributed by atoms with Crippen molar-refractivity contribution in [1.82, 2.24) is 0 Å². The van der Waals surface area contributed by atoms with Gasteiger partial charge in [-0.3, -0.25) is 0 Å². The molecule has 0 aromatic heterocycles. The first-order valence-corrected chi connectivity index (χ1v) is 6.57. The van der Waals surface area contributed by atoms with Crippen LogP contribution in [0.25, 0.3) is 0 Å². The van der Waals surface area contributed by atoms with Crippen molar-refractivity contribution >= 4 is 11.4 Å². The summed E-state index contributed by atoms with van der Waals surface area (Å²) in [4.78, 5) is 2.03. The van der Waals surface area contributed by atoms with Crippen LogP contribution in [0.4, 0.5) is 11.4 Å². The lowest BCUT2D eigenvalue weighted by atomic mass is 10.2. The van der Waals surface area contributed by atoms with Crippen molar-refractivity contribution < 1.29 is 9.47 Å². The average Bonchev–Trinajstić information content (AvgIpc) is 2.43. The summed E-state index contributed by atoms with van der Waals surface area (Å²) >= 11 is 0. The molecule has 0 bridgehead atoms. The zero-order valence-electron chi connectivity index (χ0n) is 12.1. The van der Waals surface area contributed by atoms with E-state index in [4.69, 9.17) is 15.2 Å². The normalized spacial score (nSPS) is 10.2. The highest BCUT2D eigenvalue weighted by atomic mass is 16.5. The summed E-state index contributed by atoms with van der Waals surface area (Å²) in [5.41, 5.74) is 7.54. The van der Waals surface area contributed by atoms with Crippen LogP contribution in [0.5, 0.6) is 17.2 Å². The number of hydrogen-bond donors (Lipinski definition) is 1. The molecule has 2 rings (SSSR count). The Balaban J connectivity index is 2.21. The molecule has 0 fully saturated rings. The van der Waals surface area contributed by atoms with Crippen LogP contribution in [-0.2, 0) is 0 Å². The second-order valence-corrected chi connectivity index (χ2v) is 4.63. The number of anilines is 2. The molecule has 4 nitrogen and oxygen atoms in total. The molecule has 0 saturated heterocycles. The Hall–Kier alpha value is -2.36. The second-order valence-electron chi connectivity index (χ2n) is 4.63. The number of nitrogen functional groups attached to an aromatic ring is 1. The third-order valence-electron chi connectivity index (χ3n) is 2.85. The summed E-state index contributed by atoms with van der Waals surface area (Å²) in [5.74, 6) is 2.13. The first kappa shape index (κ1) is 14.1. The van der Waals surface area contributed by atoms with E-state index in [1.807, 2.05) is 56.3 Å². The molecule has 0 heterocycles. The quantitative estimate of drug-likeness (QED) is 0.846. The lowest BCUT2D eigenvalue weighted by molar-refractivity contribution is 0.340. The molecular weight excluding hydrogens is 252 g/mol. The van der Waals surface area contributed by atoms with E-state index in [1.54, 1.807) is 12.1 Å². The number of nitrogens with zero attached hydrogens (tertiary/aromatic N) is 1. The van der Waals surface area contributed by atoms with Crippen LogP contribution in [0.2, 0.25) is 0 Å². The molecular formula is C16H20N2O2. The van der Waals surface area contributed by atoms with Crippen molar-refractivity contribution in [2.24, 2.45) is 0 Å². The van der Waals surface area contributed by atoms with Gasteiger partial charge in [-0.2, -0.15) is 0 Å². The maximum absolute atomic E-state index is 5.85. The molecule has 0 aliphatic carbocycles. The van der Waals surface area contributed by atoms with Crippen LogP contribution in [-0.4, -0.2) is 20.7 Å². The van der Waals surface area contributed by atoms with Crippen molar-refractivity contribution in [3.05, 3.63) is 42.5 Å². The van der Waals surface area contributed by atoms with Crippen molar-refractivity contribution in [3.8, 4) is 17.2 Å². The van der Waals surface area contributed by atoms with Gasteiger partial charge in [-0.25, -0.2) is 0 Å². The Kier molecular flexibility index (Phi) is 4.35. The van der Waals surface area contributed by atoms with Crippen LogP contribution in [0, 0.1) is 0 Å². The Bertz CT molecular complexity index is 582. The Morgan fingerprint density at radius 1 is 1.05 bits per heavy atom. The summed E-state index contributed by atoms with van der Waals surface area (Å²) in [6.45, 7) is 2.50. The maximum atomic E-state index is 5.85. The first-order valence-electron chi connectivity index (χ1n) is 6.57. The monoisotopic (exact) mass is 272 g/mol. The number of hydrogen-bond acceptors (Lipinski definition) is 4. The van der Waals surface area contributed by atoms with Gasteiger partial charge in [0.1, 0.15) is 17.2 Å². The van der Waals surface area contributed by atoms with E-state index >= 15 is 0 Å². The van der Waals surface area contributed by atoms with Crippen LogP contribution >= 0.6 is 0 Å². The van der Waals surface area contributed by atoms with Crippen molar-refractivity contribution in [3.63, 3.8) is 0 Å². The van der Waals surface area contributed by atoms with Gasteiger partial charge in [0, 0.05) is 31.9 Å². The zero-order valence-corrected chi connectivity index (χ0v) is 12.1. The molecule has 0 atom stereocenters. The van der Waals surface area contributed by atoms with Crippen LogP contribution < -0.4 is 20.1 Å². The number of benzene rings is 2. The van der Waals surface area contributed by atoms with E-state index < -0.39 is 0 Å². The minimum absolute atomic E-state index is 0.573. The summed E-state index contributed by atoms with van der Waals surface area (Å²) in [5, 5.41) is 0. The number of ether oxygens (including phenoxy) is 2. The van der Waals surface area contributed by atoms with Crippen LogP contribution in [0.15, 0.2) is 42.5 Å². The van der Waals surface area contributed by atoms with E-state index in [9.17, 15) is 0 Å². The van der Waals surface area contributed by atoms with Gasteiger partial charge in [0.05, 0.1) is 12.3 Å². The van der Waals surface area contributed by atoms with Crippen molar-refractivity contribution in [2.45, 2.75) is 6.92 Å². The molecule has 2 aromatic rings. The van der Waals surface area contributed by atoms with E-state index in [1.165, 1.54) is 0 Å². The standard InChI is InChI=1S/C16H20N2O2/c1-4-19-16-11-14(8-9-15(16)17)20-13-7-5-6-12(10-13)18(2)3/h5-11H,4,17H2,1-3H3. The third kappa shape index (κ3) is 3.35. The first-order chi connectivity index (χ1) is 9.60. The van der Waals surface area contributed by atoms with E-state index in [0.29, 0.717) is 23.8 Å². The SMILES string of the molecule is CCOc1cc(Oc2cccc(N(C)C)c2)ccc1N. The van der Waals surface area contributed by atoms with Gasteiger partial charge in [0.15, 0.2) is 0 Å². The Morgan fingerprint density at radius 2 is 1.80 bits per heavy atom. The highest BCUT2D eigenvalue weighted by Gasteiger charge is 2.05. The number of rotatable bonds is 5.